The van der Waals surface area contributed by atoms with Gasteiger partial charge in [0.05, 0.1) is 5.69 Å². The van der Waals surface area contributed by atoms with Gasteiger partial charge in [-0.3, -0.25) is 0 Å². The number of anilines is 1. The minimum Gasteiger partial charge on any atom is -0.351 e. The first-order valence-electron chi connectivity index (χ1n) is 7.10. The zero-order chi connectivity index (χ0) is 15.7. The molecular weight excluding hydrogens is 281 g/mol. The van der Waals surface area contributed by atoms with E-state index in [9.17, 15) is 13.2 Å². The van der Waals surface area contributed by atoms with Crippen molar-refractivity contribution >= 4 is 5.95 Å². The molecule has 21 heavy (non-hydrogen) atoms. The molecule has 0 bridgehead atoms. The summed E-state index contributed by atoms with van der Waals surface area (Å²) in [6.07, 6.45) is -2.76. The lowest BCUT2D eigenvalue weighted by Gasteiger charge is -2.25. The third-order valence-electron chi connectivity index (χ3n) is 3.46. The minimum absolute atomic E-state index is 0.0710. The molecule has 118 valence electrons. The van der Waals surface area contributed by atoms with Crippen molar-refractivity contribution in [2.45, 2.75) is 51.2 Å². The fourth-order valence-corrected chi connectivity index (χ4v) is 2.19. The molecule has 2 rings (SSSR count). The topological polar surface area (TPSA) is 49.8 Å². The first-order valence-corrected chi connectivity index (χ1v) is 7.10. The molecule has 0 unspecified atom stereocenters. The molecular formula is C14H21F3N4. The summed E-state index contributed by atoms with van der Waals surface area (Å²) in [5.74, 6) is 0.0710. The standard InChI is InChI=1S/C14H21F3N4/c1-13(2,3)10-8-11(14(15,16)17)21-12(20-10)19-9-4-6-18-7-5-9/h8-9,18H,4-7H2,1-3H3,(H,19,20,21). The van der Waals surface area contributed by atoms with Gasteiger partial charge in [0.2, 0.25) is 5.95 Å². The molecule has 0 amide bonds. The third-order valence-corrected chi connectivity index (χ3v) is 3.46. The second-order valence-corrected chi connectivity index (χ2v) is 6.38. The maximum absolute atomic E-state index is 13.0. The van der Waals surface area contributed by atoms with E-state index < -0.39 is 17.3 Å². The molecule has 4 nitrogen and oxygen atoms in total. The number of nitrogens with zero attached hydrogens (tertiary/aromatic N) is 2. The van der Waals surface area contributed by atoms with Gasteiger partial charge >= 0.3 is 6.18 Å². The lowest BCUT2D eigenvalue weighted by atomic mass is 9.91. The number of piperidine rings is 1. The van der Waals surface area contributed by atoms with Crippen molar-refractivity contribution in [1.82, 2.24) is 15.3 Å². The average molecular weight is 302 g/mol. The molecule has 1 aromatic rings. The minimum atomic E-state index is -4.46. The van der Waals surface area contributed by atoms with E-state index in [1.165, 1.54) is 0 Å². The molecule has 0 aromatic carbocycles. The van der Waals surface area contributed by atoms with Crippen LogP contribution in [0.4, 0.5) is 19.1 Å². The number of halogens is 3. The molecule has 2 N–H and O–H groups in total. The van der Waals surface area contributed by atoms with Crippen LogP contribution < -0.4 is 10.6 Å². The molecule has 0 aliphatic carbocycles. The summed E-state index contributed by atoms with van der Waals surface area (Å²) in [7, 11) is 0. The summed E-state index contributed by atoms with van der Waals surface area (Å²) in [6.45, 7) is 7.21. The molecule has 1 aliphatic rings. The van der Waals surface area contributed by atoms with Gasteiger partial charge in [0.25, 0.3) is 0 Å². The summed E-state index contributed by atoms with van der Waals surface area (Å²) >= 11 is 0. The van der Waals surface area contributed by atoms with Gasteiger partial charge in [0.15, 0.2) is 0 Å². The maximum Gasteiger partial charge on any atom is 0.433 e. The predicted octanol–water partition coefficient (Wildman–Crippen LogP) is 2.96. The van der Waals surface area contributed by atoms with Crippen LogP contribution in [-0.4, -0.2) is 29.1 Å². The quantitative estimate of drug-likeness (QED) is 0.882. The Kier molecular flexibility index (Phi) is 4.41. The maximum atomic E-state index is 13.0. The largest absolute Gasteiger partial charge is 0.433 e. The molecule has 7 heteroatoms. The molecule has 0 spiro atoms. The Morgan fingerprint density at radius 2 is 1.67 bits per heavy atom. The van der Waals surface area contributed by atoms with Gasteiger partial charge in [-0.05, 0) is 32.0 Å². The number of hydrogen-bond donors (Lipinski definition) is 2. The van der Waals surface area contributed by atoms with E-state index in [0.29, 0.717) is 5.69 Å². The van der Waals surface area contributed by atoms with Crippen molar-refractivity contribution < 1.29 is 13.2 Å². The number of aromatic nitrogens is 2. The SMILES string of the molecule is CC(C)(C)c1cc(C(F)(F)F)nc(NC2CCNCC2)n1. The van der Waals surface area contributed by atoms with Crippen LogP contribution in [0.2, 0.25) is 0 Å². The highest BCUT2D eigenvalue weighted by molar-refractivity contribution is 5.33. The van der Waals surface area contributed by atoms with E-state index in [2.05, 4.69) is 20.6 Å². The zero-order valence-electron chi connectivity index (χ0n) is 12.5. The van der Waals surface area contributed by atoms with Crippen molar-refractivity contribution in [3.8, 4) is 0 Å². The van der Waals surface area contributed by atoms with E-state index in [1.807, 2.05) is 20.8 Å². The molecule has 1 fully saturated rings. The number of alkyl halides is 3. The predicted molar refractivity (Wildman–Crippen MR) is 75.2 cm³/mol. The lowest BCUT2D eigenvalue weighted by molar-refractivity contribution is -0.141. The Morgan fingerprint density at radius 3 is 2.19 bits per heavy atom. The summed E-state index contributed by atoms with van der Waals surface area (Å²) in [5.41, 5.74) is -0.965. The molecule has 0 saturated carbocycles. The van der Waals surface area contributed by atoms with Gasteiger partial charge < -0.3 is 10.6 Å². The second-order valence-electron chi connectivity index (χ2n) is 6.38. The van der Waals surface area contributed by atoms with E-state index >= 15 is 0 Å². The first kappa shape index (κ1) is 16.0. The van der Waals surface area contributed by atoms with Crippen molar-refractivity contribution in [3.05, 3.63) is 17.5 Å². The average Bonchev–Trinajstić information content (AvgIpc) is 2.37. The monoisotopic (exact) mass is 302 g/mol. The van der Waals surface area contributed by atoms with Crippen LogP contribution in [0.25, 0.3) is 0 Å². The molecule has 0 radical (unpaired) electrons. The third kappa shape index (κ3) is 4.30. The van der Waals surface area contributed by atoms with E-state index in [0.717, 1.165) is 32.0 Å². The normalized spacial score (nSPS) is 17.8. The van der Waals surface area contributed by atoms with Gasteiger partial charge in [0.1, 0.15) is 5.69 Å². The fourth-order valence-electron chi connectivity index (χ4n) is 2.19. The van der Waals surface area contributed by atoms with Gasteiger partial charge in [-0.15, -0.1) is 0 Å². The first-order chi connectivity index (χ1) is 9.66. The van der Waals surface area contributed by atoms with Crippen LogP contribution >= 0.6 is 0 Å². The van der Waals surface area contributed by atoms with Crippen molar-refractivity contribution in [2.75, 3.05) is 18.4 Å². The fraction of sp³-hybridized carbons (Fsp3) is 0.714. The van der Waals surface area contributed by atoms with Gasteiger partial charge in [-0.2, -0.15) is 13.2 Å². The Morgan fingerprint density at radius 1 is 1.10 bits per heavy atom. The molecule has 0 atom stereocenters. The van der Waals surface area contributed by atoms with Crippen LogP contribution in [0, 0.1) is 0 Å². The highest BCUT2D eigenvalue weighted by Crippen LogP contribution is 2.31. The van der Waals surface area contributed by atoms with E-state index in [4.69, 9.17) is 0 Å². The van der Waals surface area contributed by atoms with E-state index in [1.54, 1.807) is 0 Å². The molecule has 1 aromatic heterocycles. The van der Waals surface area contributed by atoms with Crippen molar-refractivity contribution in [2.24, 2.45) is 0 Å². The summed E-state index contributed by atoms with van der Waals surface area (Å²) in [5, 5.41) is 6.25. The van der Waals surface area contributed by atoms with Crippen LogP contribution in [0.5, 0.6) is 0 Å². The van der Waals surface area contributed by atoms with Crippen molar-refractivity contribution in [3.63, 3.8) is 0 Å². The van der Waals surface area contributed by atoms with Crippen LogP contribution in [-0.2, 0) is 11.6 Å². The van der Waals surface area contributed by atoms with Crippen LogP contribution in [0.1, 0.15) is 45.0 Å². The van der Waals surface area contributed by atoms with Crippen LogP contribution in [0.3, 0.4) is 0 Å². The number of hydrogen-bond acceptors (Lipinski definition) is 4. The van der Waals surface area contributed by atoms with Gasteiger partial charge in [-0.25, -0.2) is 9.97 Å². The Hall–Kier alpha value is -1.37. The van der Waals surface area contributed by atoms with Gasteiger partial charge in [-0.1, -0.05) is 20.8 Å². The Bertz CT molecular complexity index is 456. The summed E-state index contributed by atoms with van der Waals surface area (Å²) < 4.78 is 39.0. The Labute approximate surface area is 122 Å². The summed E-state index contributed by atoms with van der Waals surface area (Å²) in [4.78, 5) is 7.91. The smallest absolute Gasteiger partial charge is 0.351 e. The van der Waals surface area contributed by atoms with Gasteiger partial charge in [0, 0.05) is 11.5 Å². The number of rotatable bonds is 2. The lowest BCUT2D eigenvalue weighted by Crippen LogP contribution is -2.36. The summed E-state index contributed by atoms with van der Waals surface area (Å²) in [6, 6.07) is 1.15. The zero-order valence-corrected chi connectivity index (χ0v) is 12.5. The molecule has 1 aliphatic heterocycles. The van der Waals surface area contributed by atoms with Crippen molar-refractivity contribution in [1.29, 1.82) is 0 Å². The highest BCUT2D eigenvalue weighted by atomic mass is 19.4. The Balaban J connectivity index is 2.31. The van der Waals surface area contributed by atoms with Crippen LogP contribution in [0.15, 0.2) is 6.07 Å². The molecule has 1 saturated heterocycles. The van der Waals surface area contributed by atoms with E-state index in [-0.39, 0.29) is 12.0 Å². The number of nitrogens with one attached hydrogen (secondary N) is 2. The molecule has 2 heterocycles. The highest BCUT2D eigenvalue weighted by Gasteiger charge is 2.35. The second kappa shape index (κ2) is 5.79.